The first-order valence-electron chi connectivity index (χ1n) is 7.47. The Balaban J connectivity index is 0.00000161. The van der Waals surface area contributed by atoms with Crippen LogP contribution in [0.1, 0.15) is 31.2 Å². The first-order valence-corrected chi connectivity index (χ1v) is 8.26. The largest absolute Gasteiger partial charge is 0.334 e. The number of halogens is 2. The minimum atomic E-state index is 0. The summed E-state index contributed by atoms with van der Waals surface area (Å²) in [7, 11) is 0. The molecule has 1 amide bonds. The van der Waals surface area contributed by atoms with Gasteiger partial charge in [-0.15, -0.1) is 12.4 Å². The van der Waals surface area contributed by atoms with E-state index < -0.39 is 0 Å². The lowest BCUT2D eigenvalue weighted by molar-refractivity contribution is -0.131. The van der Waals surface area contributed by atoms with E-state index in [4.69, 9.17) is 0 Å². The third kappa shape index (κ3) is 5.28. The number of benzene rings is 1. The molecule has 0 spiro atoms. The van der Waals surface area contributed by atoms with Gasteiger partial charge in [0.25, 0.3) is 0 Å². The second kappa shape index (κ2) is 7.61. The van der Waals surface area contributed by atoms with Crippen molar-refractivity contribution in [2.45, 2.75) is 38.3 Å². The van der Waals surface area contributed by atoms with Crippen molar-refractivity contribution >= 4 is 34.2 Å². The van der Waals surface area contributed by atoms with Gasteiger partial charge in [-0.1, -0.05) is 28.1 Å². The van der Waals surface area contributed by atoms with E-state index in [1.54, 1.807) is 0 Å². The number of hydrogen-bond acceptors (Lipinski definition) is 2. The lowest BCUT2D eigenvalue weighted by Crippen LogP contribution is -2.39. The second-order valence-corrected chi connectivity index (χ2v) is 6.87. The van der Waals surface area contributed by atoms with Crippen LogP contribution in [0.25, 0.3) is 0 Å². The topological polar surface area (TPSA) is 32.3 Å². The van der Waals surface area contributed by atoms with E-state index in [0.717, 1.165) is 36.3 Å². The van der Waals surface area contributed by atoms with Gasteiger partial charge in [-0.05, 0) is 55.8 Å². The fourth-order valence-electron chi connectivity index (χ4n) is 2.45. The smallest absolute Gasteiger partial charge is 0.237 e. The van der Waals surface area contributed by atoms with Crippen molar-refractivity contribution in [3.05, 3.63) is 34.3 Å². The third-order valence-electron chi connectivity index (χ3n) is 3.96. The van der Waals surface area contributed by atoms with Crippen molar-refractivity contribution in [2.24, 2.45) is 5.92 Å². The number of hydrogen-bond donors (Lipinski definition) is 1. The summed E-state index contributed by atoms with van der Waals surface area (Å²) < 4.78 is 1.07. The van der Waals surface area contributed by atoms with Gasteiger partial charge in [-0.3, -0.25) is 4.79 Å². The molecule has 2 saturated carbocycles. The van der Waals surface area contributed by atoms with E-state index in [9.17, 15) is 4.79 Å². The third-order valence-corrected chi connectivity index (χ3v) is 4.45. The summed E-state index contributed by atoms with van der Waals surface area (Å²) in [6.07, 6.45) is 4.96. The zero-order valence-electron chi connectivity index (χ0n) is 12.1. The molecule has 1 aromatic carbocycles. The van der Waals surface area contributed by atoms with Crippen molar-refractivity contribution in [3.63, 3.8) is 0 Å². The molecular formula is C16H22BrClN2O. The average Bonchev–Trinajstić information content (AvgIpc) is 3.28. The molecule has 0 saturated heterocycles. The Kier molecular flexibility index (Phi) is 6.08. The summed E-state index contributed by atoms with van der Waals surface area (Å²) in [6, 6.07) is 8.69. The molecule has 0 unspecified atom stereocenters. The van der Waals surface area contributed by atoms with Gasteiger partial charge in [0.2, 0.25) is 5.91 Å². The Labute approximate surface area is 141 Å². The molecule has 3 rings (SSSR count). The van der Waals surface area contributed by atoms with Crippen molar-refractivity contribution < 1.29 is 4.79 Å². The van der Waals surface area contributed by atoms with Crippen molar-refractivity contribution in [2.75, 3.05) is 13.1 Å². The van der Waals surface area contributed by atoms with Gasteiger partial charge in [-0.25, -0.2) is 0 Å². The lowest BCUT2D eigenvalue weighted by Gasteiger charge is -2.23. The summed E-state index contributed by atoms with van der Waals surface area (Å²) in [5, 5.41) is 3.31. The van der Waals surface area contributed by atoms with Gasteiger partial charge >= 0.3 is 0 Å². The molecule has 0 bridgehead atoms. The Hall–Kier alpha value is -0.580. The monoisotopic (exact) mass is 372 g/mol. The van der Waals surface area contributed by atoms with E-state index >= 15 is 0 Å². The fourth-order valence-corrected chi connectivity index (χ4v) is 2.89. The molecular weight excluding hydrogens is 352 g/mol. The van der Waals surface area contributed by atoms with Crippen molar-refractivity contribution in [1.29, 1.82) is 0 Å². The van der Waals surface area contributed by atoms with Gasteiger partial charge in [0.1, 0.15) is 0 Å². The molecule has 2 fully saturated rings. The summed E-state index contributed by atoms with van der Waals surface area (Å²) in [4.78, 5) is 14.4. The molecule has 0 heterocycles. The fraction of sp³-hybridized carbons (Fsp3) is 0.562. The number of carbonyl (C=O) groups is 1. The Bertz CT molecular complexity index is 489. The molecule has 2 aliphatic rings. The van der Waals surface area contributed by atoms with Crippen LogP contribution in [-0.4, -0.2) is 29.9 Å². The van der Waals surface area contributed by atoms with Crippen LogP contribution < -0.4 is 5.32 Å². The van der Waals surface area contributed by atoms with Crippen LogP contribution in [0.5, 0.6) is 0 Å². The number of carbonyl (C=O) groups excluding carboxylic acids is 1. The Morgan fingerprint density at radius 3 is 2.67 bits per heavy atom. The SMILES string of the molecule is Cl.O=C(CNCC1CC1)N(Cc1cccc(Br)c1)C1CC1. The first-order chi connectivity index (χ1) is 9.72. The van der Waals surface area contributed by atoms with Crippen molar-refractivity contribution in [1.82, 2.24) is 10.2 Å². The molecule has 2 aliphatic carbocycles. The van der Waals surface area contributed by atoms with E-state index in [1.165, 1.54) is 18.4 Å². The number of nitrogens with zero attached hydrogens (tertiary/aromatic N) is 1. The highest BCUT2D eigenvalue weighted by molar-refractivity contribution is 9.10. The van der Waals surface area contributed by atoms with Gasteiger partial charge in [-0.2, -0.15) is 0 Å². The minimum Gasteiger partial charge on any atom is -0.334 e. The molecule has 1 aromatic rings. The summed E-state index contributed by atoms with van der Waals surface area (Å²) in [5.74, 6) is 1.07. The molecule has 0 aliphatic heterocycles. The standard InChI is InChI=1S/C16H21BrN2O.ClH/c17-14-3-1-2-13(8-14)11-19(15-6-7-15)16(20)10-18-9-12-4-5-12;/h1-3,8,12,15,18H,4-7,9-11H2;1H. The van der Waals surface area contributed by atoms with E-state index in [2.05, 4.69) is 33.4 Å². The quantitative estimate of drug-likeness (QED) is 0.795. The van der Waals surface area contributed by atoms with Crippen LogP contribution in [0, 0.1) is 5.92 Å². The van der Waals surface area contributed by atoms with Gasteiger partial charge in [0.05, 0.1) is 6.54 Å². The van der Waals surface area contributed by atoms with E-state index in [1.807, 2.05) is 17.0 Å². The maximum absolute atomic E-state index is 12.4. The Morgan fingerprint density at radius 2 is 2.05 bits per heavy atom. The van der Waals surface area contributed by atoms with Gasteiger partial charge < -0.3 is 10.2 Å². The number of rotatable bonds is 7. The zero-order valence-corrected chi connectivity index (χ0v) is 14.5. The van der Waals surface area contributed by atoms with Crippen LogP contribution in [0.2, 0.25) is 0 Å². The second-order valence-electron chi connectivity index (χ2n) is 5.96. The van der Waals surface area contributed by atoms with Crippen LogP contribution in [0.4, 0.5) is 0 Å². The molecule has 21 heavy (non-hydrogen) atoms. The molecule has 0 atom stereocenters. The van der Waals surface area contributed by atoms with E-state index in [-0.39, 0.29) is 18.3 Å². The van der Waals surface area contributed by atoms with Gasteiger partial charge in [0, 0.05) is 17.1 Å². The highest BCUT2D eigenvalue weighted by atomic mass is 79.9. The molecule has 3 nitrogen and oxygen atoms in total. The Morgan fingerprint density at radius 1 is 1.29 bits per heavy atom. The number of amides is 1. The molecule has 0 aromatic heterocycles. The van der Waals surface area contributed by atoms with Crippen LogP contribution in [0.3, 0.4) is 0 Å². The maximum atomic E-state index is 12.4. The summed E-state index contributed by atoms with van der Waals surface area (Å²) in [5.41, 5.74) is 1.20. The maximum Gasteiger partial charge on any atom is 0.237 e. The highest BCUT2D eigenvalue weighted by Crippen LogP contribution is 2.29. The predicted molar refractivity (Wildman–Crippen MR) is 90.6 cm³/mol. The summed E-state index contributed by atoms with van der Waals surface area (Å²) in [6.45, 7) is 2.22. The zero-order chi connectivity index (χ0) is 13.9. The first kappa shape index (κ1) is 16.8. The minimum absolute atomic E-state index is 0. The normalized spacial score (nSPS) is 17.2. The van der Waals surface area contributed by atoms with Crippen LogP contribution in [0.15, 0.2) is 28.7 Å². The summed E-state index contributed by atoms with van der Waals surface area (Å²) >= 11 is 3.49. The highest BCUT2D eigenvalue weighted by Gasteiger charge is 2.32. The number of nitrogens with one attached hydrogen (secondary N) is 1. The van der Waals surface area contributed by atoms with E-state index in [0.29, 0.717) is 12.6 Å². The molecule has 0 radical (unpaired) electrons. The van der Waals surface area contributed by atoms with Crippen LogP contribution >= 0.6 is 28.3 Å². The lowest BCUT2D eigenvalue weighted by atomic mass is 10.2. The van der Waals surface area contributed by atoms with Gasteiger partial charge in [0.15, 0.2) is 0 Å². The average molecular weight is 374 g/mol. The molecule has 5 heteroatoms. The van der Waals surface area contributed by atoms with Crippen molar-refractivity contribution in [3.8, 4) is 0 Å². The van der Waals surface area contributed by atoms with Crippen LogP contribution in [-0.2, 0) is 11.3 Å². The molecule has 1 N–H and O–H groups in total. The predicted octanol–water partition coefficient (Wildman–Crippen LogP) is 3.36. The molecule has 116 valence electrons.